The van der Waals surface area contributed by atoms with Crippen molar-refractivity contribution in [2.24, 2.45) is 0 Å². The zero-order valence-corrected chi connectivity index (χ0v) is 13.2. The SMILES string of the molecule is CCNCc1ccc(COc2ccc(C(C)C)cc2)cc1. The largest absolute Gasteiger partial charge is 0.489 e. The molecule has 21 heavy (non-hydrogen) atoms. The predicted octanol–water partition coefficient (Wildman–Crippen LogP) is 4.50. The monoisotopic (exact) mass is 283 g/mol. The van der Waals surface area contributed by atoms with Crippen molar-refractivity contribution in [1.29, 1.82) is 0 Å². The van der Waals surface area contributed by atoms with E-state index in [2.05, 4.69) is 74.6 Å². The van der Waals surface area contributed by atoms with Crippen LogP contribution < -0.4 is 10.1 Å². The van der Waals surface area contributed by atoms with Crippen LogP contribution in [-0.2, 0) is 13.2 Å². The molecule has 0 aliphatic heterocycles. The summed E-state index contributed by atoms with van der Waals surface area (Å²) in [6, 6.07) is 17.0. The molecule has 0 saturated carbocycles. The van der Waals surface area contributed by atoms with E-state index in [1.165, 1.54) is 16.7 Å². The number of benzene rings is 2. The second-order valence-electron chi connectivity index (χ2n) is 5.61. The zero-order valence-electron chi connectivity index (χ0n) is 13.2. The van der Waals surface area contributed by atoms with Crippen LogP contribution in [0, 0.1) is 0 Å². The van der Waals surface area contributed by atoms with E-state index in [9.17, 15) is 0 Å². The highest BCUT2D eigenvalue weighted by Crippen LogP contribution is 2.19. The fourth-order valence-electron chi connectivity index (χ4n) is 2.14. The maximum atomic E-state index is 5.83. The van der Waals surface area contributed by atoms with Gasteiger partial charge in [0.2, 0.25) is 0 Å². The Kier molecular flexibility index (Phi) is 5.82. The maximum Gasteiger partial charge on any atom is 0.119 e. The molecule has 2 rings (SSSR count). The number of ether oxygens (including phenoxy) is 1. The predicted molar refractivity (Wildman–Crippen MR) is 88.7 cm³/mol. The van der Waals surface area contributed by atoms with Gasteiger partial charge in [-0.05, 0) is 41.3 Å². The van der Waals surface area contributed by atoms with Gasteiger partial charge in [0.15, 0.2) is 0 Å². The minimum atomic E-state index is 0.559. The molecule has 1 N–H and O–H groups in total. The molecule has 2 nitrogen and oxygen atoms in total. The lowest BCUT2D eigenvalue weighted by molar-refractivity contribution is 0.306. The van der Waals surface area contributed by atoms with Gasteiger partial charge in [-0.2, -0.15) is 0 Å². The third kappa shape index (κ3) is 4.91. The maximum absolute atomic E-state index is 5.83. The first-order chi connectivity index (χ1) is 10.2. The molecule has 0 aliphatic carbocycles. The van der Waals surface area contributed by atoms with Crippen LogP contribution >= 0.6 is 0 Å². The molecule has 0 spiro atoms. The summed E-state index contributed by atoms with van der Waals surface area (Å²) in [7, 11) is 0. The molecule has 0 radical (unpaired) electrons. The van der Waals surface area contributed by atoms with Crippen LogP contribution in [0.5, 0.6) is 5.75 Å². The van der Waals surface area contributed by atoms with E-state index in [0.29, 0.717) is 12.5 Å². The van der Waals surface area contributed by atoms with Crippen LogP contribution in [0.1, 0.15) is 43.4 Å². The van der Waals surface area contributed by atoms with Crippen molar-refractivity contribution in [3.05, 3.63) is 65.2 Å². The highest BCUT2D eigenvalue weighted by molar-refractivity contribution is 5.29. The highest BCUT2D eigenvalue weighted by atomic mass is 16.5. The van der Waals surface area contributed by atoms with Crippen LogP contribution in [0.15, 0.2) is 48.5 Å². The van der Waals surface area contributed by atoms with Crippen molar-refractivity contribution in [2.45, 2.75) is 39.8 Å². The van der Waals surface area contributed by atoms with E-state index >= 15 is 0 Å². The van der Waals surface area contributed by atoms with Crippen molar-refractivity contribution in [3.8, 4) is 5.75 Å². The molecule has 0 saturated heterocycles. The lowest BCUT2D eigenvalue weighted by Crippen LogP contribution is -2.11. The first kappa shape index (κ1) is 15.6. The number of rotatable bonds is 7. The van der Waals surface area contributed by atoms with E-state index in [1.54, 1.807) is 0 Å². The molecular formula is C19H25NO. The molecule has 0 aliphatic rings. The van der Waals surface area contributed by atoms with Crippen molar-refractivity contribution in [3.63, 3.8) is 0 Å². The molecule has 0 amide bonds. The van der Waals surface area contributed by atoms with Crippen LogP contribution in [-0.4, -0.2) is 6.54 Å². The third-order valence-corrected chi connectivity index (χ3v) is 3.55. The van der Waals surface area contributed by atoms with Crippen molar-refractivity contribution in [1.82, 2.24) is 5.32 Å². The van der Waals surface area contributed by atoms with E-state index in [-0.39, 0.29) is 0 Å². The number of nitrogens with one attached hydrogen (secondary N) is 1. The fraction of sp³-hybridized carbons (Fsp3) is 0.368. The van der Waals surface area contributed by atoms with Gasteiger partial charge in [0, 0.05) is 6.54 Å². The molecule has 2 aromatic rings. The van der Waals surface area contributed by atoms with E-state index in [0.717, 1.165) is 18.8 Å². The molecule has 0 unspecified atom stereocenters. The van der Waals surface area contributed by atoms with Crippen LogP contribution in [0.2, 0.25) is 0 Å². The Morgan fingerprint density at radius 2 is 1.52 bits per heavy atom. The van der Waals surface area contributed by atoms with Crippen LogP contribution in [0.4, 0.5) is 0 Å². The lowest BCUT2D eigenvalue weighted by atomic mass is 10.0. The summed E-state index contributed by atoms with van der Waals surface area (Å²) in [5.74, 6) is 1.49. The minimum absolute atomic E-state index is 0.559. The Labute approximate surface area is 128 Å². The van der Waals surface area contributed by atoms with Gasteiger partial charge >= 0.3 is 0 Å². The first-order valence-electron chi connectivity index (χ1n) is 7.70. The topological polar surface area (TPSA) is 21.3 Å². The van der Waals surface area contributed by atoms with Gasteiger partial charge in [0.1, 0.15) is 12.4 Å². The number of hydrogen-bond acceptors (Lipinski definition) is 2. The standard InChI is InChI=1S/C19H25NO/c1-4-20-13-16-5-7-17(8-6-16)14-21-19-11-9-18(10-12-19)15(2)3/h5-12,15,20H,4,13-14H2,1-3H3. The fourth-order valence-corrected chi connectivity index (χ4v) is 2.14. The summed E-state index contributed by atoms with van der Waals surface area (Å²) in [5.41, 5.74) is 3.85. The molecular weight excluding hydrogens is 258 g/mol. The van der Waals surface area contributed by atoms with E-state index in [1.807, 2.05) is 0 Å². The summed E-state index contributed by atoms with van der Waals surface area (Å²) in [5, 5.41) is 3.32. The third-order valence-electron chi connectivity index (χ3n) is 3.55. The van der Waals surface area contributed by atoms with Gasteiger partial charge in [-0.15, -0.1) is 0 Å². The molecule has 0 atom stereocenters. The highest BCUT2D eigenvalue weighted by Gasteiger charge is 2.00. The average molecular weight is 283 g/mol. The Morgan fingerprint density at radius 3 is 2.10 bits per heavy atom. The zero-order chi connectivity index (χ0) is 15.1. The van der Waals surface area contributed by atoms with Gasteiger partial charge in [0.05, 0.1) is 0 Å². The van der Waals surface area contributed by atoms with Gasteiger partial charge in [-0.25, -0.2) is 0 Å². The van der Waals surface area contributed by atoms with E-state index in [4.69, 9.17) is 4.74 Å². The van der Waals surface area contributed by atoms with Gasteiger partial charge in [-0.1, -0.05) is 57.2 Å². The first-order valence-corrected chi connectivity index (χ1v) is 7.70. The molecule has 0 fully saturated rings. The Hall–Kier alpha value is -1.80. The second-order valence-corrected chi connectivity index (χ2v) is 5.61. The summed E-state index contributed by atoms with van der Waals surface area (Å²) in [6.07, 6.45) is 0. The lowest BCUT2D eigenvalue weighted by Gasteiger charge is -2.09. The normalized spacial score (nSPS) is 10.9. The van der Waals surface area contributed by atoms with Gasteiger partial charge < -0.3 is 10.1 Å². The molecule has 0 aromatic heterocycles. The Balaban J connectivity index is 1.87. The smallest absolute Gasteiger partial charge is 0.119 e. The molecule has 2 aromatic carbocycles. The Bertz CT molecular complexity index is 528. The number of hydrogen-bond donors (Lipinski definition) is 1. The summed E-state index contributed by atoms with van der Waals surface area (Å²) < 4.78 is 5.83. The molecule has 0 bridgehead atoms. The van der Waals surface area contributed by atoms with Crippen LogP contribution in [0.25, 0.3) is 0 Å². The Morgan fingerprint density at radius 1 is 0.905 bits per heavy atom. The van der Waals surface area contributed by atoms with Crippen LogP contribution in [0.3, 0.4) is 0 Å². The second kappa shape index (κ2) is 7.84. The summed E-state index contributed by atoms with van der Waals surface area (Å²) in [6.45, 7) is 9.05. The summed E-state index contributed by atoms with van der Waals surface area (Å²) in [4.78, 5) is 0. The quantitative estimate of drug-likeness (QED) is 0.808. The van der Waals surface area contributed by atoms with Crippen molar-refractivity contribution < 1.29 is 4.74 Å². The summed E-state index contributed by atoms with van der Waals surface area (Å²) >= 11 is 0. The van der Waals surface area contributed by atoms with Crippen molar-refractivity contribution >= 4 is 0 Å². The average Bonchev–Trinajstić information content (AvgIpc) is 2.52. The molecule has 112 valence electrons. The van der Waals surface area contributed by atoms with Gasteiger partial charge in [0.25, 0.3) is 0 Å². The minimum Gasteiger partial charge on any atom is -0.489 e. The molecule has 0 heterocycles. The van der Waals surface area contributed by atoms with E-state index < -0.39 is 0 Å². The van der Waals surface area contributed by atoms with Gasteiger partial charge in [-0.3, -0.25) is 0 Å². The van der Waals surface area contributed by atoms with Crippen molar-refractivity contribution in [2.75, 3.05) is 6.54 Å². The molecule has 2 heteroatoms.